The number of rotatable bonds is 6. The Bertz CT molecular complexity index is 470. The summed E-state index contributed by atoms with van der Waals surface area (Å²) >= 11 is 0. The molecule has 0 spiro atoms. The fraction of sp³-hybridized carbons (Fsp3) is 0.588. The Hall–Kier alpha value is -1.35. The molecule has 2 fully saturated rings. The van der Waals surface area contributed by atoms with Gasteiger partial charge in [-0.15, -0.1) is 0 Å². The van der Waals surface area contributed by atoms with Gasteiger partial charge >= 0.3 is 5.97 Å². The number of esters is 1. The molecule has 0 amide bonds. The number of hydrogen-bond donors (Lipinski definition) is 0. The van der Waals surface area contributed by atoms with Crippen LogP contribution in [-0.4, -0.2) is 23.8 Å². The number of ether oxygens (including phenoxy) is 2. The first kappa shape index (κ1) is 13.6. The number of carbonyl (C=O) groups is 1. The zero-order valence-corrected chi connectivity index (χ0v) is 12.0. The molecule has 3 nitrogen and oxygen atoms in total. The Labute approximate surface area is 120 Å². The zero-order chi connectivity index (χ0) is 14.0. The maximum Gasteiger partial charge on any atom is 0.338 e. The van der Waals surface area contributed by atoms with E-state index in [1.54, 1.807) is 12.1 Å². The lowest BCUT2D eigenvalue weighted by Gasteiger charge is -2.21. The third-order valence-electron chi connectivity index (χ3n) is 4.52. The van der Waals surface area contributed by atoms with Crippen molar-refractivity contribution in [3.63, 3.8) is 0 Å². The normalized spacial score (nSPS) is 30.9. The molecule has 1 heterocycles. The lowest BCUT2D eigenvalue weighted by atomic mass is 9.96. The van der Waals surface area contributed by atoms with Crippen molar-refractivity contribution in [1.82, 2.24) is 0 Å². The molecule has 0 bridgehead atoms. The van der Waals surface area contributed by atoms with Crippen LogP contribution in [0, 0.1) is 0 Å². The van der Waals surface area contributed by atoms with Crippen LogP contribution in [0.2, 0.25) is 0 Å². The van der Waals surface area contributed by atoms with Gasteiger partial charge in [-0.25, -0.2) is 4.79 Å². The van der Waals surface area contributed by atoms with Gasteiger partial charge in [0.25, 0.3) is 0 Å². The summed E-state index contributed by atoms with van der Waals surface area (Å²) in [5, 5.41) is 0. The summed E-state index contributed by atoms with van der Waals surface area (Å²) in [5.74, 6) is -0.221. The highest BCUT2D eigenvalue weighted by Crippen LogP contribution is 2.54. The van der Waals surface area contributed by atoms with E-state index in [1.807, 2.05) is 18.2 Å². The largest absolute Gasteiger partial charge is 0.456 e. The van der Waals surface area contributed by atoms with E-state index in [2.05, 4.69) is 6.92 Å². The summed E-state index contributed by atoms with van der Waals surface area (Å²) in [6.45, 7) is 2.20. The minimum atomic E-state index is -0.221. The van der Waals surface area contributed by atoms with Crippen LogP contribution in [0.15, 0.2) is 30.3 Å². The number of carbonyl (C=O) groups excluding carboxylic acids is 1. The Morgan fingerprint density at radius 3 is 2.80 bits per heavy atom. The van der Waals surface area contributed by atoms with Crippen LogP contribution in [0.1, 0.15) is 55.8 Å². The van der Waals surface area contributed by atoms with Crippen LogP contribution < -0.4 is 0 Å². The molecule has 3 rings (SSSR count). The lowest BCUT2D eigenvalue weighted by molar-refractivity contribution is 0.0000404. The second-order valence-corrected chi connectivity index (χ2v) is 5.86. The van der Waals surface area contributed by atoms with E-state index in [9.17, 15) is 4.79 Å². The van der Waals surface area contributed by atoms with E-state index in [-0.39, 0.29) is 17.7 Å². The van der Waals surface area contributed by atoms with Crippen LogP contribution in [0.3, 0.4) is 0 Å². The van der Waals surface area contributed by atoms with Gasteiger partial charge in [0.15, 0.2) is 0 Å². The fourth-order valence-corrected chi connectivity index (χ4v) is 3.33. The van der Waals surface area contributed by atoms with Gasteiger partial charge < -0.3 is 9.47 Å². The number of benzene rings is 1. The van der Waals surface area contributed by atoms with Crippen molar-refractivity contribution < 1.29 is 14.3 Å². The summed E-state index contributed by atoms with van der Waals surface area (Å²) in [6, 6.07) is 9.22. The average molecular weight is 274 g/mol. The Morgan fingerprint density at radius 2 is 2.10 bits per heavy atom. The molecule has 0 aromatic heterocycles. The van der Waals surface area contributed by atoms with Crippen molar-refractivity contribution in [2.75, 3.05) is 0 Å². The predicted molar refractivity (Wildman–Crippen MR) is 76.6 cm³/mol. The molecule has 1 saturated heterocycles. The maximum absolute atomic E-state index is 12.2. The summed E-state index contributed by atoms with van der Waals surface area (Å²) in [5.41, 5.74) is 0.472. The molecule has 20 heavy (non-hydrogen) atoms. The molecule has 3 atom stereocenters. The third kappa shape index (κ3) is 2.47. The molecule has 0 N–H and O–H groups in total. The summed E-state index contributed by atoms with van der Waals surface area (Å²) in [7, 11) is 0. The van der Waals surface area contributed by atoms with E-state index in [4.69, 9.17) is 9.47 Å². The summed E-state index contributed by atoms with van der Waals surface area (Å²) in [4.78, 5) is 12.2. The number of hydrogen-bond acceptors (Lipinski definition) is 3. The minimum absolute atomic E-state index is 0.0583. The number of unbranched alkanes of at least 4 members (excludes halogenated alkanes) is 2. The second kappa shape index (κ2) is 5.57. The van der Waals surface area contributed by atoms with E-state index < -0.39 is 0 Å². The fourth-order valence-electron chi connectivity index (χ4n) is 3.33. The van der Waals surface area contributed by atoms with Crippen molar-refractivity contribution in [3.8, 4) is 0 Å². The molecular formula is C17H22O3. The van der Waals surface area contributed by atoms with Crippen LogP contribution in [0.4, 0.5) is 0 Å². The molecule has 1 aliphatic carbocycles. The van der Waals surface area contributed by atoms with E-state index in [0.717, 1.165) is 25.7 Å². The van der Waals surface area contributed by atoms with Crippen LogP contribution in [0.25, 0.3) is 0 Å². The van der Waals surface area contributed by atoms with E-state index >= 15 is 0 Å². The Morgan fingerprint density at radius 1 is 1.30 bits per heavy atom. The molecule has 1 aliphatic heterocycles. The maximum atomic E-state index is 12.2. The topological polar surface area (TPSA) is 38.8 Å². The van der Waals surface area contributed by atoms with E-state index in [0.29, 0.717) is 11.7 Å². The first-order chi connectivity index (χ1) is 9.76. The molecule has 0 radical (unpaired) electrons. The highest BCUT2D eigenvalue weighted by Gasteiger charge is 2.66. The van der Waals surface area contributed by atoms with Crippen LogP contribution >= 0.6 is 0 Å². The number of epoxide rings is 1. The quantitative estimate of drug-likeness (QED) is 0.451. The van der Waals surface area contributed by atoms with Crippen molar-refractivity contribution in [2.45, 2.75) is 63.3 Å². The SMILES string of the molecule is CCCCCC12OC1CCC2OC(=O)c1ccccc1. The lowest BCUT2D eigenvalue weighted by Crippen LogP contribution is -2.32. The molecule has 1 aromatic rings. The zero-order valence-electron chi connectivity index (χ0n) is 12.0. The van der Waals surface area contributed by atoms with E-state index in [1.165, 1.54) is 12.8 Å². The van der Waals surface area contributed by atoms with Crippen molar-refractivity contribution in [3.05, 3.63) is 35.9 Å². The molecular weight excluding hydrogens is 252 g/mol. The molecule has 108 valence electrons. The van der Waals surface area contributed by atoms with Gasteiger partial charge in [0.05, 0.1) is 11.7 Å². The predicted octanol–water partition coefficient (Wildman–Crippen LogP) is 3.72. The molecule has 3 unspecified atom stereocenters. The van der Waals surface area contributed by atoms with Crippen LogP contribution in [0.5, 0.6) is 0 Å². The molecule has 1 aromatic carbocycles. The van der Waals surface area contributed by atoms with Crippen molar-refractivity contribution in [2.24, 2.45) is 0 Å². The van der Waals surface area contributed by atoms with Gasteiger partial charge in [-0.1, -0.05) is 44.4 Å². The van der Waals surface area contributed by atoms with Gasteiger partial charge in [-0.2, -0.15) is 0 Å². The standard InChI is InChI=1S/C17H22O3/c1-2-3-7-12-17-14(10-11-15(17)20-17)19-16(18)13-8-5-4-6-9-13/h4-6,8-9,14-15H,2-3,7,10-12H2,1H3. The second-order valence-electron chi connectivity index (χ2n) is 5.86. The van der Waals surface area contributed by atoms with Gasteiger partial charge in [0, 0.05) is 0 Å². The van der Waals surface area contributed by atoms with Crippen molar-refractivity contribution in [1.29, 1.82) is 0 Å². The highest BCUT2D eigenvalue weighted by molar-refractivity contribution is 5.89. The molecule has 2 aliphatic rings. The first-order valence-corrected chi connectivity index (χ1v) is 7.70. The third-order valence-corrected chi connectivity index (χ3v) is 4.52. The molecule has 3 heteroatoms. The monoisotopic (exact) mass is 274 g/mol. The first-order valence-electron chi connectivity index (χ1n) is 7.70. The highest BCUT2D eigenvalue weighted by atomic mass is 16.7. The summed E-state index contributed by atoms with van der Waals surface area (Å²) < 4.78 is 11.6. The van der Waals surface area contributed by atoms with Gasteiger partial charge in [0.1, 0.15) is 11.7 Å². The average Bonchev–Trinajstić information content (AvgIpc) is 3.10. The van der Waals surface area contributed by atoms with Gasteiger partial charge in [0.2, 0.25) is 0 Å². The Balaban J connectivity index is 1.61. The number of fused-ring (bicyclic) bond motifs is 1. The van der Waals surface area contributed by atoms with Crippen molar-refractivity contribution >= 4 is 5.97 Å². The minimum Gasteiger partial charge on any atom is -0.456 e. The van der Waals surface area contributed by atoms with Gasteiger partial charge in [-0.05, 0) is 31.4 Å². The van der Waals surface area contributed by atoms with Gasteiger partial charge in [-0.3, -0.25) is 0 Å². The summed E-state index contributed by atoms with van der Waals surface area (Å²) in [6.07, 6.45) is 6.84. The van der Waals surface area contributed by atoms with Crippen LogP contribution in [-0.2, 0) is 9.47 Å². The smallest absolute Gasteiger partial charge is 0.338 e. The molecule has 1 saturated carbocycles. The Kier molecular flexibility index (Phi) is 3.79.